The number of fused-ring (bicyclic) bond motifs is 2. The topological polar surface area (TPSA) is 113 Å². The van der Waals surface area contributed by atoms with Gasteiger partial charge in [-0.25, -0.2) is 13.8 Å². The van der Waals surface area contributed by atoms with Crippen molar-refractivity contribution in [1.82, 2.24) is 4.98 Å². The number of aliphatic hydroxyl groups is 1. The van der Waals surface area contributed by atoms with Crippen LogP contribution in [0, 0.1) is 11.6 Å². The van der Waals surface area contributed by atoms with Crippen LogP contribution in [0.15, 0.2) is 76.4 Å². The maximum Gasteiger partial charge on any atom is 0.296 e. The average molecular weight is 534 g/mol. The SMILES string of the molecule is COc1cccc2cc(C(=O)C3=C(O)C(=O)N(c4nc5cc(F)c(F)cc5s4)C3c3ccc(O)cc3)oc12. The molecule has 6 rings (SSSR count). The fourth-order valence-corrected chi connectivity index (χ4v) is 5.46. The number of furan rings is 1. The first kappa shape index (κ1) is 23.6. The van der Waals surface area contributed by atoms with Gasteiger partial charge < -0.3 is 19.4 Å². The van der Waals surface area contributed by atoms with Crippen molar-refractivity contribution in [2.45, 2.75) is 6.04 Å². The number of aromatic hydroxyl groups is 1. The highest BCUT2D eigenvalue weighted by Gasteiger charge is 2.46. The lowest BCUT2D eigenvalue weighted by Crippen LogP contribution is -2.30. The Bertz CT molecular complexity index is 1770. The monoisotopic (exact) mass is 534 g/mol. The first-order valence-electron chi connectivity index (χ1n) is 11.2. The van der Waals surface area contributed by atoms with Crippen molar-refractivity contribution in [3.05, 3.63) is 95.0 Å². The molecule has 1 amide bonds. The highest BCUT2D eigenvalue weighted by molar-refractivity contribution is 7.22. The maximum atomic E-state index is 13.8. The van der Waals surface area contributed by atoms with E-state index in [0.29, 0.717) is 22.3 Å². The second kappa shape index (κ2) is 8.67. The molecular formula is C27H16F2N2O6S. The number of benzene rings is 3. The van der Waals surface area contributed by atoms with Gasteiger partial charge in [0.1, 0.15) is 5.75 Å². The summed E-state index contributed by atoms with van der Waals surface area (Å²) >= 11 is 0.892. The number of para-hydroxylation sites is 1. The van der Waals surface area contributed by atoms with Crippen LogP contribution in [0.1, 0.15) is 22.2 Å². The van der Waals surface area contributed by atoms with E-state index < -0.39 is 35.1 Å². The molecule has 8 nitrogen and oxygen atoms in total. The first-order chi connectivity index (χ1) is 18.3. The molecule has 11 heteroatoms. The van der Waals surface area contributed by atoms with E-state index >= 15 is 0 Å². The predicted octanol–water partition coefficient (Wildman–Crippen LogP) is 5.82. The molecular weight excluding hydrogens is 518 g/mol. The molecule has 0 bridgehead atoms. The Morgan fingerprint density at radius 3 is 2.55 bits per heavy atom. The van der Waals surface area contributed by atoms with Crippen molar-refractivity contribution in [3.63, 3.8) is 0 Å². The lowest BCUT2D eigenvalue weighted by molar-refractivity contribution is -0.117. The van der Waals surface area contributed by atoms with Crippen LogP contribution in [0.25, 0.3) is 21.2 Å². The van der Waals surface area contributed by atoms with Gasteiger partial charge in [0, 0.05) is 11.5 Å². The number of anilines is 1. The van der Waals surface area contributed by atoms with Crippen molar-refractivity contribution >= 4 is 49.3 Å². The van der Waals surface area contributed by atoms with Gasteiger partial charge in [-0.1, -0.05) is 35.6 Å². The zero-order chi connectivity index (χ0) is 26.7. The molecule has 0 aliphatic carbocycles. The summed E-state index contributed by atoms with van der Waals surface area (Å²) in [6.45, 7) is 0. The van der Waals surface area contributed by atoms with Crippen LogP contribution in [0.4, 0.5) is 13.9 Å². The van der Waals surface area contributed by atoms with E-state index in [2.05, 4.69) is 4.98 Å². The van der Waals surface area contributed by atoms with Crippen molar-refractivity contribution in [2.24, 2.45) is 0 Å². The van der Waals surface area contributed by atoms with Crippen LogP contribution < -0.4 is 9.64 Å². The number of rotatable bonds is 5. The number of ether oxygens (including phenoxy) is 1. The quantitative estimate of drug-likeness (QED) is 0.273. The predicted molar refractivity (Wildman–Crippen MR) is 135 cm³/mol. The van der Waals surface area contributed by atoms with Gasteiger partial charge in [-0.05, 0) is 35.9 Å². The third-order valence-electron chi connectivity index (χ3n) is 6.24. The molecule has 0 radical (unpaired) electrons. The van der Waals surface area contributed by atoms with E-state index in [1.54, 1.807) is 18.2 Å². The van der Waals surface area contributed by atoms with Gasteiger partial charge >= 0.3 is 0 Å². The number of aromatic nitrogens is 1. The summed E-state index contributed by atoms with van der Waals surface area (Å²) < 4.78 is 39.0. The standard InChI is InChI=1S/C27H16F2N2O6S/c1-36-18-4-2-3-13-9-19(37-25(13)18)23(33)21-22(12-5-7-14(32)8-6-12)31(26(35)24(21)34)27-30-17-10-15(28)16(29)11-20(17)38-27/h2-11,22,32,34H,1H3. The largest absolute Gasteiger partial charge is 0.508 e. The number of methoxy groups -OCH3 is 1. The number of hydrogen-bond donors (Lipinski definition) is 2. The van der Waals surface area contributed by atoms with Crippen molar-refractivity contribution in [3.8, 4) is 11.5 Å². The molecule has 1 aliphatic rings. The summed E-state index contributed by atoms with van der Waals surface area (Å²) in [6, 6.07) is 13.0. The number of amides is 1. The lowest BCUT2D eigenvalue weighted by Gasteiger charge is -2.24. The smallest absolute Gasteiger partial charge is 0.296 e. The molecule has 2 N–H and O–H groups in total. The van der Waals surface area contributed by atoms with Gasteiger partial charge in [-0.15, -0.1) is 0 Å². The average Bonchev–Trinajstić information content (AvgIpc) is 3.58. The van der Waals surface area contributed by atoms with Gasteiger partial charge in [-0.3, -0.25) is 14.5 Å². The number of halogens is 2. The lowest BCUT2D eigenvalue weighted by atomic mass is 9.95. The second-order valence-corrected chi connectivity index (χ2v) is 9.49. The van der Waals surface area contributed by atoms with Gasteiger partial charge in [-0.2, -0.15) is 0 Å². The van der Waals surface area contributed by atoms with E-state index in [4.69, 9.17) is 9.15 Å². The Hall–Kier alpha value is -4.77. The van der Waals surface area contributed by atoms with Gasteiger partial charge in [0.15, 0.2) is 39.6 Å². The molecule has 3 aromatic carbocycles. The summed E-state index contributed by atoms with van der Waals surface area (Å²) in [5.41, 5.74) is 0.505. The normalized spacial score (nSPS) is 15.7. The Labute approximate surface area is 216 Å². The Kier molecular flexibility index (Phi) is 5.39. The zero-order valence-corrected chi connectivity index (χ0v) is 20.3. The van der Waals surface area contributed by atoms with Crippen LogP contribution in [-0.4, -0.2) is 34.0 Å². The fourth-order valence-electron chi connectivity index (χ4n) is 4.46. The number of thiazole rings is 1. The van der Waals surface area contributed by atoms with Gasteiger partial charge in [0.05, 0.1) is 28.9 Å². The van der Waals surface area contributed by atoms with E-state index in [1.165, 1.54) is 37.4 Å². The van der Waals surface area contributed by atoms with Crippen LogP contribution in [-0.2, 0) is 4.79 Å². The fraction of sp³-hybridized carbons (Fsp3) is 0.0741. The van der Waals surface area contributed by atoms with E-state index in [9.17, 15) is 28.6 Å². The third-order valence-corrected chi connectivity index (χ3v) is 7.26. The summed E-state index contributed by atoms with van der Waals surface area (Å²) in [6.07, 6.45) is 0. The number of Topliss-reactive ketones (excluding diaryl/α,β-unsaturated/α-hetero) is 1. The molecule has 0 saturated carbocycles. The van der Waals surface area contributed by atoms with Crippen molar-refractivity contribution < 1.29 is 37.7 Å². The minimum absolute atomic E-state index is 0.00806. The van der Waals surface area contributed by atoms with Crippen molar-refractivity contribution in [1.29, 1.82) is 0 Å². The maximum absolute atomic E-state index is 13.8. The van der Waals surface area contributed by atoms with Crippen LogP contribution in [0.2, 0.25) is 0 Å². The number of ketones is 1. The Morgan fingerprint density at radius 2 is 1.82 bits per heavy atom. The number of carbonyl (C=O) groups excluding carboxylic acids is 2. The minimum Gasteiger partial charge on any atom is -0.508 e. The molecule has 1 unspecified atom stereocenters. The molecule has 38 heavy (non-hydrogen) atoms. The Balaban J connectivity index is 1.51. The summed E-state index contributed by atoms with van der Waals surface area (Å²) in [4.78, 5) is 32.5. The third kappa shape index (κ3) is 3.58. The zero-order valence-electron chi connectivity index (χ0n) is 19.4. The highest BCUT2D eigenvalue weighted by Crippen LogP contribution is 2.45. The van der Waals surface area contributed by atoms with Crippen LogP contribution >= 0.6 is 11.3 Å². The van der Waals surface area contributed by atoms with Crippen LogP contribution in [0.3, 0.4) is 0 Å². The summed E-state index contributed by atoms with van der Waals surface area (Å²) in [7, 11) is 1.46. The number of phenols is 1. The summed E-state index contributed by atoms with van der Waals surface area (Å²) in [5.74, 6) is -4.49. The molecule has 1 aliphatic heterocycles. The molecule has 1 atom stereocenters. The van der Waals surface area contributed by atoms with E-state index in [1.807, 2.05) is 0 Å². The molecule has 0 fully saturated rings. The van der Waals surface area contributed by atoms with E-state index in [0.717, 1.165) is 28.4 Å². The van der Waals surface area contributed by atoms with Gasteiger partial charge in [0.2, 0.25) is 5.78 Å². The second-order valence-electron chi connectivity index (χ2n) is 8.48. The molecule has 190 valence electrons. The van der Waals surface area contributed by atoms with Gasteiger partial charge in [0.25, 0.3) is 5.91 Å². The van der Waals surface area contributed by atoms with Crippen LogP contribution in [0.5, 0.6) is 11.5 Å². The Morgan fingerprint density at radius 1 is 1.08 bits per heavy atom. The molecule has 0 saturated heterocycles. The number of phenolic OH excluding ortho intramolecular Hbond substituents is 1. The number of carbonyl (C=O) groups is 2. The first-order valence-corrected chi connectivity index (χ1v) is 12.0. The summed E-state index contributed by atoms with van der Waals surface area (Å²) in [5, 5.41) is 21.3. The van der Waals surface area contributed by atoms with E-state index in [-0.39, 0.29) is 32.4 Å². The van der Waals surface area contributed by atoms with Crippen molar-refractivity contribution in [2.75, 3.05) is 12.0 Å². The molecule has 5 aromatic rings. The minimum atomic E-state index is -1.18. The molecule has 0 spiro atoms. The number of nitrogens with zero attached hydrogens (tertiary/aromatic N) is 2. The molecule has 2 aromatic heterocycles. The number of aliphatic hydroxyl groups excluding tert-OH is 1. The molecule has 3 heterocycles. The number of hydrogen-bond acceptors (Lipinski definition) is 8. The highest BCUT2D eigenvalue weighted by atomic mass is 32.1.